The molecule has 1 aliphatic heterocycles. The van der Waals surface area contributed by atoms with Gasteiger partial charge in [0.15, 0.2) is 0 Å². The van der Waals surface area contributed by atoms with E-state index in [9.17, 15) is 9.59 Å². The molecule has 1 aromatic carbocycles. The first kappa shape index (κ1) is 14.2. The van der Waals surface area contributed by atoms with E-state index in [0.717, 1.165) is 0 Å². The third-order valence-corrected chi connectivity index (χ3v) is 3.41. The van der Waals surface area contributed by atoms with Crippen LogP contribution in [0, 0.1) is 0 Å². The molecule has 20 heavy (non-hydrogen) atoms. The summed E-state index contributed by atoms with van der Waals surface area (Å²) in [6, 6.07) is 7.04. The van der Waals surface area contributed by atoms with Gasteiger partial charge in [-0.25, -0.2) is 4.79 Å². The van der Waals surface area contributed by atoms with Crippen LogP contribution >= 0.6 is 0 Å². The van der Waals surface area contributed by atoms with E-state index in [0.29, 0.717) is 37.4 Å². The van der Waals surface area contributed by atoms with Gasteiger partial charge in [0.05, 0.1) is 5.56 Å². The molecular formula is C14H20N4O2. The smallest absolute Gasteiger partial charge is 0.319 e. The fraction of sp³-hybridized carbons (Fsp3) is 0.429. The standard InChI is InChI=1S/C14H20N4O2/c1-16(2)14(20)18-9-7-17(8-10-18)13(19)11-5-3-4-6-12(11)15/h3-6H,7-10,15H2,1-2H3. The number of anilines is 1. The maximum Gasteiger partial charge on any atom is 0.319 e. The van der Waals surface area contributed by atoms with Gasteiger partial charge in [-0.05, 0) is 12.1 Å². The fourth-order valence-corrected chi connectivity index (χ4v) is 2.25. The van der Waals surface area contributed by atoms with Crippen LogP contribution in [0.3, 0.4) is 0 Å². The number of rotatable bonds is 1. The second-order valence-electron chi connectivity index (χ2n) is 5.04. The maximum absolute atomic E-state index is 12.4. The van der Waals surface area contributed by atoms with Crippen molar-refractivity contribution < 1.29 is 9.59 Å². The van der Waals surface area contributed by atoms with Crippen molar-refractivity contribution in [2.75, 3.05) is 46.0 Å². The van der Waals surface area contributed by atoms with Gasteiger partial charge in [0.1, 0.15) is 0 Å². The quantitative estimate of drug-likeness (QED) is 0.768. The minimum atomic E-state index is -0.0694. The highest BCUT2D eigenvalue weighted by molar-refractivity contribution is 5.99. The topological polar surface area (TPSA) is 69.9 Å². The van der Waals surface area contributed by atoms with Crippen molar-refractivity contribution in [2.24, 2.45) is 0 Å². The maximum atomic E-state index is 12.4. The predicted octanol–water partition coefficient (Wildman–Crippen LogP) is 0.708. The van der Waals surface area contributed by atoms with Gasteiger partial charge in [-0.3, -0.25) is 4.79 Å². The van der Waals surface area contributed by atoms with Crippen LogP contribution < -0.4 is 5.73 Å². The lowest BCUT2D eigenvalue weighted by Crippen LogP contribution is -2.52. The molecule has 2 N–H and O–H groups in total. The summed E-state index contributed by atoms with van der Waals surface area (Å²) in [5.74, 6) is -0.0694. The van der Waals surface area contributed by atoms with Crippen molar-refractivity contribution in [1.29, 1.82) is 0 Å². The molecule has 0 radical (unpaired) electrons. The lowest BCUT2D eigenvalue weighted by molar-refractivity contribution is 0.0651. The largest absolute Gasteiger partial charge is 0.398 e. The Hall–Kier alpha value is -2.24. The van der Waals surface area contributed by atoms with Crippen molar-refractivity contribution >= 4 is 17.6 Å². The van der Waals surface area contributed by atoms with Crippen molar-refractivity contribution in [1.82, 2.24) is 14.7 Å². The lowest BCUT2D eigenvalue weighted by atomic mass is 10.1. The Balaban J connectivity index is 1.99. The molecule has 1 heterocycles. The highest BCUT2D eigenvalue weighted by Crippen LogP contribution is 2.15. The Kier molecular flexibility index (Phi) is 4.12. The number of para-hydroxylation sites is 1. The van der Waals surface area contributed by atoms with Gasteiger partial charge in [-0.15, -0.1) is 0 Å². The number of carbonyl (C=O) groups excluding carboxylic acids is 2. The number of amides is 3. The van der Waals surface area contributed by atoms with E-state index in [4.69, 9.17) is 5.73 Å². The molecule has 0 aromatic heterocycles. The minimum Gasteiger partial charge on any atom is -0.398 e. The van der Waals surface area contributed by atoms with E-state index >= 15 is 0 Å². The van der Waals surface area contributed by atoms with Crippen LogP contribution in [0.15, 0.2) is 24.3 Å². The molecule has 1 fully saturated rings. The Labute approximate surface area is 118 Å². The molecule has 0 aliphatic carbocycles. The Morgan fingerprint density at radius 1 is 1.05 bits per heavy atom. The highest BCUT2D eigenvalue weighted by atomic mass is 16.2. The number of urea groups is 1. The van der Waals surface area contributed by atoms with E-state index in [1.807, 2.05) is 0 Å². The van der Waals surface area contributed by atoms with E-state index < -0.39 is 0 Å². The first-order valence-corrected chi connectivity index (χ1v) is 6.60. The SMILES string of the molecule is CN(C)C(=O)N1CCN(C(=O)c2ccccc2N)CC1. The van der Waals surface area contributed by atoms with E-state index in [1.165, 1.54) is 0 Å². The summed E-state index contributed by atoms with van der Waals surface area (Å²) < 4.78 is 0. The van der Waals surface area contributed by atoms with E-state index in [1.54, 1.807) is 53.1 Å². The molecule has 6 nitrogen and oxygen atoms in total. The number of nitrogens with zero attached hydrogens (tertiary/aromatic N) is 3. The first-order valence-electron chi connectivity index (χ1n) is 6.60. The van der Waals surface area contributed by atoms with E-state index in [-0.39, 0.29) is 11.9 Å². The van der Waals surface area contributed by atoms with Crippen LogP contribution in [0.25, 0.3) is 0 Å². The van der Waals surface area contributed by atoms with Crippen LogP contribution in [0.4, 0.5) is 10.5 Å². The average molecular weight is 276 g/mol. The third kappa shape index (κ3) is 2.84. The minimum absolute atomic E-state index is 0.0173. The molecule has 0 saturated carbocycles. The molecule has 108 valence electrons. The van der Waals surface area contributed by atoms with Crippen LogP contribution in [0.5, 0.6) is 0 Å². The Bertz CT molecular complexity index is 508. The summed E-state index contributed by atoms with van der Waals surface area (Å²) in [6.45, 7) is 2.17. The molecule has 0 spiro atoms. The molecule has 0 atom stereocenters. The lowest BCUT2D eigenvalue weighted by Gasteiger charge is -2.36. The predicted molar refractivity (Wildman–Crippen MR) is 77.4 cm³/mol. The van der Waals surface area contributed by atoms with Crippen LogP contribution in [-0.4, -0.2) is 66.9 Å². The molecule has 6 heteroatoms. The monoisotopic (exact) mass is 276 g/mol. The third-order valence-electron chi connectivity index (χ3n) is 3.41. The summed E-state index contributed by atoms with van der Waals surface area (Å²) in [6.07, 6.45) is 0. The van der Waals surface area contributed by atoms with Crippen LogP contribution in [-0.2, 0) is 0 Å². The highest BCUT2D eigenvalue weighted by Gasteiger charge is 2.26. The number of hydrogen-bond donors (Lipinski definition) is 1. The molecule has 1 aliphatic rings. The zero-order chi connectivity index (χ0) is 14.7. The second-order valence-corrected chi connectivity index (χ2v) is 5.04. The van der Waals surface area contributed by atoms with Crippen molar-refractivity contribution in [3.05, 3.63) is 29.8 Å². The van der Waals surface area contributed by atoms with Gasteiger partial charge in [-0.1, -0.05) is 12.1 Å². The molecule has 0 bridgehead atoms. The van der Waals surface area contributed by atoms with Crippen LogP contribution in [0.2, 0.25) is 0 Å². The molecule has 3 amide bonds. The van der Waals surface area contributed by atoms with Gasteiger partial charge < -0.3 is 20.4 Å². The number of nitrogen functional groups attached to an aromatic ring is 1. The molecular weight excluding hydrogens is 256 g/mol. The number of nitrogens with two attached hydrogens (primary N) is 1. The normalized spacial score (nSPS) is 15.1. The number of carbonyl (C=O) groups is 2. The molecule has 1 saturated heterocycles. The zero-order valence-corrected chi connectivity index (χ0v) is 11.9. The second kappa shape index (κ2) is 5.81. The number of benzene rings is 1. The first-order chi connectivity index (χ1) is 9.50. The van der Waals surface area contributed by atoms with Crippen LogP contribution in [0.1, 0.15) is 10.4 Å². The summed E-state index contributed by atoms with van der Waals surface area (Å²) in [5, 5.41) is 0. The number of hydrogen-bond acceptors (Lipinski definition) is 3. The number of piperazine rings is 1. The Morgan fingerprint density at radius 2 is 1.60 bits per heavy atom. The molecule has 1 aromatic rings. The van der Waals surface area contributed by atoms with Crippen molar-refractivity contribution in [3.8, 4) is 0 Å². The van der Waals surface area contributed by atoms with Crippen molar-refractivity contribution in [3.63, 3.8) is 0 Å². The summed E-state index contributed by atoms with van der Waals surface area (Å²) in [5.41, 5.74) is 6.84. The zero-order valence-electron chi connectivity index (χ0n) is 11.9. The van der Waals surface area contributed by atoms with E-state index in [2.05, 4.69) is 0 Å². The summed E-state index contributed by atoms with van der Waals surface area (Å²) >= 11 is 0. The Morgan fingerprint density at radius 3 is 2.15 bits per heavy atom. The average Bonchev–Trinajstić information content (AvgIpc) is 2.46. The van der Waals surface area contributed by atoms with Gasteiger partial charge >= 0.3 is 6.03 Å². The molecule has 0 unspecified atom stereocenters. The van der Waals surface area contributed by atoms with Gasteiger partial charge in [0, 0.05) is 46.0 Å². The summed E-state index contributed by atoms with van der Waals surface area (Å²) in [4.78, 5) is 29.2. The fourth-order valence-electron chi connectivity index (χ4n) is 2.25. The van der Waals surface area contributed by atoms with Crippen molar-refractivity contribution in [2.45, 2.75) is 0 Å². The molecule has 2 rings (SSSR count). The summed E-state index contributed by atoms with van der Waals surface area (Å²) in [7, 11) is 3.45. The van der Waals surface area contributed by atoms with Gasteiger partial charge in [0.2, 0.25) is 0 Å². The van der Waals surface area contributed by atoms with Gasteiger partial charge in [0.25, 0.3) is 5.91 Å². The van der Waals surface area contributed by atoms with Gasteiger partial charge in [-0.2, -0.15) is 0 Å².